The zero-order valence-electron chi connectivity index (χ0n) is 16.6. The number of para-hydroxylation sites is 2. The summed E-state index contributed by atoms with van der Waals surface area (Å²) >= 11 is 0. The summed E-state index contributed by atoms with van der Waals surface area (Å²) in [5.74, 6) is -0.641. The number of aromatic amines is 1. The number of nitrogens with zero attached hydrogens (tertiary/aromatic N) is 1. The summed E-state index contributed by atoms with van der Waals surface area (Å²) in [4.78, 5) is 33.5. The van der Waals surface area contributed by atoms with Gasteiger partial charge in [0.1, 0.15) is 0 Å². The van der Waals surface area contributed by atoms with Crippen molar-refractivity contribution in [3.8, 4) is 0 Å². The van der Waals surface area contributed by atoms with E-state index < -0.39 is 6.17 Å². The first-order chi connectivity index (χ1) is 15.2. The molecule has 0 spiro atoms. The SMILES string of the molecule is O=C(Cc1c[nH]c2ccccc12)N[C@@H]1N=C(c2ccccc2)c2ccccc2NC1=O. The Labute approximate surface area is 179 Å². The van der Waals surface area contributed by atoms with E-state index in [-0.39, 0.29) is 18.2 Å². The Balaban J connectivity index is 1.45. The van der Waals surface area contributed by atoms with Gasteiger partial charge in [-0.15, -0.1) is 0 Å². The van der Waals surface area contributed by atoms with Crippen LogP contribution >= 0.6 is 0 Å². The fourth-order valence-electron chi connectivity index (χ4n) is 3.84. The van der Waals surface area contributed by atoms with Gasteiger partial charge in [-0.3, -0.25) is 9.59 Å². The van der Waals surface area contributed by atoms with Crippen molar-refractivity contribution in [3.05, 3.63) is 102 Å². The van der Waals surface area contributed by atoms with E-state index in [2.05, 4.69) is 20.6 Å². The van der Waals surface area contributed by atoms with Crippen molar-refractivity contribution in [2.24, 2.45) is 4.99 Å². The number of aromatic nitrogens is 1. The van der Waals surface area contributed by atoms with Crippen LogP contribution in [0.15, 0.2) is 90.1 Å². The number of carbonyl (C=O) groups excluding carboxylic acids is 2. The van der Waals surface area contributed by atoms with Crippen molar-refractivity contribution in [2.75, 3.05) is 5.32 Å². The highest BCUT2D eigenvalue weighted by Gasteiger charge is 2.27. The van der Waals surface area contributed by atoms with Crippen LogP contribution in [0.5, 0.6) is 0 Å². The molecular formula is C25H20N4O2. The molecule has 0 unspecified atom stereocenters. The van der Waals surface area contributed by atoms with Crippen LogP contribution in [0.1, 0.15) is 16.7 Å². The van der Waals surface area contributed by atoms with Gasteiger partial charge in [0.2, 0.25) is 12.1 Å². The first kappa shape index (κ1) is 18.8. The highest BCUT2D eigenvalue weighted by molar-refractivity contribution is 6.19. The topological polar surface area (TPSA) is 86.3 Å². The Kier molecular flexibility index (Phi) is 4.80. The Bertz CT molecular complexity index is 1310. The molecule has 1 aliphatic heterocycles. The largest absolute Gasteiger partial charge is 0.361 e. The van der Waals surface area contributed by atoms with E-state index in [1.807, 2.05) is 85.1 Å². The summed E-state index contributed by atoms with van der Waals surface area (Å²) in [6.45, 7) is 0. The van der Waals surface area contributed by atoms with Crippen molar-refractivity contribution in [1.29, 1.82) is 0 Å². The predicted molar refractivity (Wildman–Crippen MR) is 121 cm³/mol. The molecular weight excluding hydrogens is 388 g/mol. The minimum Gasteiger partial charge on any atom is -0.361 e. The maximum absolute atomic E-state index is 12.9. The van der Waals surface area contributed by atoms with Gasteiger partial charge in [-0.1, -0.05) is 66.7 Å². The molecule has 0 radical (unpaired) electrons. The minimum absolute atomic E-state index is 0.150. The Morgan fingerprint density at radius 1 is 0.935 bits per heavy atom. The van der Waals surface area contributed by atoms with Gasteiger partial charge < -0.3 is 15.6 Å². The van der Waals surface area contributed by atoms with Crippen LogP contribution in [0.3, 0.4) is 0 Å². The molecule has 0 fully saturated rings. The molecule has 6 nitrogen and oxygen atoms in total. The smallest absolute Gasteiger partial charge is 0.269 e. The van der Waals surface area contributed by atoms with Gasteiger partial charge in [-0.2, -0.15) is 0 Å². The normalized spacial score (nSPS) is 15.5. The van der Waals surface area contributed by atoms with Gasteiger partial charge in [0, 0.05) is 28.2 Å². The number of nitrogens with one attached hydrogen (secondary N) is 3. The van der Waals surface area contributed by atoms with Crippen LogP contribution in [0.4, 0.5) is 5.69 Å². The zero-order valence-corrected chi connectivity index (χ0v) is 16.6. The van der Waals surface area contributed by atoms with Crippen LogP contribution in [-0.4, -0.2) is 28.7 Å². The molecule has 31 heavy (non-hydrogen) atoms. The number of hydrogen-bond acceptors (Lipinski definition) is 3. The summed E-state index contributed by atoms with van der Waals surface area (Å²) in [7, 11) is 0. The number of hydrogen-bond donors (Lipinski definition) is 3. The Hall–Kier alpha value is -4.19. The fraction of sp³-hybridized carbons (Fsp3) is 0.0800. The molecule has 3 N–H and O–H groups in total. The van der Waals surface area contributed by atoms with Gasteiger partial charge in [0.05, 0.1) is 17.8 Å². The van der Waals surface area contributed by atoms with Crippen LogP contribution in [0.25, 0.3) is 10.9 Å². The van der Waals surface area contributed by atoms with Crippen molar-refractivity contribution in [3.63, 3.8) is 0 Å². The second-order valence-electron chi connectivity index (χ2n) is 7.38. The van der Waals surface area contributed by atoms with E-state index in [9.17, 15) is 9.59 Å². The molecule has 2 amide bonds. The molecule has 1 atom stereocenters. The summed E-state index contributed by atoms with van der Waals surface area (Å²) in [6.07, 6.45) is 0.948. The van der Waals surface area contributed by atoms with Gasteiger partial charge in [0.15, 0.2) is 0 Å². The molecule has 6 heteroatoms. The molecule has 5 rings (SSSR count). The average Bonchev–Trinajstić information content (AvgIpc) is 3.14. The number of benzodiazepines with no additional fused rings is 1. The Morgan fingerprint density at radius 3 is 2.55 bits per heavy atom. The quantitative estimate of drug-likeness (QED) is 0.482. The van der Waals surface area contributed by atoms with E-state index in [0.717, 1.165) is 27.6 Å². The number of fused-ring (bicyclic) bond motifs is 2. The first-order valence-corrected chi connectivity index (χ1v) is 10.1. The zero-order chi connectivity index (χ0) is 21.2. The van der Waals surface area contributed by atoms with Gasteiger partial charge >= 0.3 is 0 Å². The van der Waals surface area contributed by atoms with Gasteiger partial charge in [-0.05, 0) is 17.7 Å². The molecule has 2 heterocycles. The van der Waals surface area contributed by atoms with Crippen molar-refractivity contribution >= 4 is 34.1 Å². The lowest BCUT2D eigenvalue weighted by atomic mass is 10.0. The lowest BCUT2D eigenvalue weighted by molar-refractivity contribution is -0.125. The lowest BCUT2D eigenvalue weighted by Gasteiger charge is -2.13. The summed E-state index contributed by atoms with van der Waals surface area (Å²) < 4.78 is 0. The third-order valence-electron chi connectivity index (χ3n) is 5.32. The van der Waals surface area contributed by atoms with E-state index in [4.69, 9.17) is 0 Å². The van der Waals surface area contributed by atoms with E-state index >= 15 is 0 Å². The standard InChI is InChI=1S/C25H20N4O2/c30-22(14-17-15-26-20-12-6-4-10-18(17)20)28-24-25(31)27-21-13-7-5-11-19(21)23(29-24)16-8-2-1-3-9-16/h1-13,15,24,26H,14H2,(H,27,31)(H,28,30)/t24-/m1/s1. The number of benzene rings is 3. The first-order valence-electron chi connectivity index (χ1n) is 10.1. The molecule has 3 aromatic carbocycles. The molecule has 1 aliphatic rings. The van der Waals surface area contributed by atoms with Crippen LogP contribution in [0.2, 0.25) is 0 Å². The summed E-state index contributed by atoms with van der Waals surface area (Å²) in [5, 5.41) is 6.68. The number of aliphatic imine (C=N–C) groups is 1. The third-order valence-corrected chi connectivity index (χ3v) is 5.32. The highest BCUT2D eigenvalue weighted by Crippen LogP contribution is 2.24. The number of carbonyl (C=O) groups is 2. The fourth-order valence-corrected chi connectivity index (χ4v) is 3.84. The third kappa shape index (κ3) is 3.71. The molecule has 1 aromatic heterocycles. The molecule has 152 valence electrons. The monoisotopic (exact) mass is 408 g/mol. The Morgan fingerprint density at radius 2 is 1.68 bits per heavy atom. The average molecular weight is 408 g/mol. The number of anilines is 1. The lowest BCUT2D eigenvalue weighted by Crippen LogP contribution is -2.43. The molecule has 4 aromatic rings. The van der Waals surface area contributed by atoms with Gasteiger partial charge in [-0.25, -0.2) is 4.99 Å². The minimum atomic E-state index is -1.03. The van der Waals surface area contributed by atoms with Crippen LogP contribution in [-0.2, 0) is 16.0 Å². The maximum atomic E-state index is 12.9. The van der Waals surface area contributed by atoms with Crippen LogP contribution in [0, 0.1) is 0 Å². The molecule has 0 saturated heterocycles. The maximum Gasteiger partial charge on any atom is 0.269 e. The van der Waals surface area contributed by atoms with Crippen molar-refractivity contribution in [1.82, 2.24) is 10.3 Å². The van der Waals surface area contributed by atoms with Crippen LogP contribution < -0.4 is 10.6 Å². The van der Waals surface area contributed by atoms with E-state index in [1.54, 1.807) is 0 Å². The van der Waals surface area contributed by atoms with E-state index in [0.29, 0.717) is 11.4 Å². The number of H-pyrrole nitrogens is 1. The predicted octanol–water partition coefficient (Wildman–Crippen LogP) is 3.64. The summed E-state index contributed by atoms with van der Waals surface area (Å²) in [5.41, 5.74) is 4.86. The highest BCUT2D eigenvalue weighted by atomic mass is 16.2. The van der Waals surface area contributed by atoms with Crippen molar-refractivity contribution < 1.29 is 9.59 Å². The molecule has 0 aliphatic carbocycles. The second-order valence-corrected chi connectivity index (χ2v) is 7.38. The second kappa shape index (κ2) is 7.91. The van der Waals surface area contributed by atoms with Crippen molar-refractivity contribution in [2.45, 2.75) is 12.6 Å². The number of amides is 2. The molecule has 0 bridgehead atoms. The van der Waals surface area contributed by atoms with E-state index in [1.165, 1.54) is 0 Å². The van der Waals surface area contributed by atoms with Gasteiger partial charge in [0.25, 0.3) is 5.91 Å². The number of rotatable bonds is 4. The summed E-state index contributed by atoms with van der Waals surface area (Å²) in [6, 6.07) is 25.0. The molecule has 0 saturated carbocycles.